The third kappa shape index (κ3) is 2.99. The number of anilines is 2. The highest BCUT2D eigenvalue weighted by Gasteiger charge is 2.25. The van der Waals surface area contributed by atoms with Crippen molar-refractivity contribution in [2.45, 2.75) is 41.0 Å². The Hall–Kier alpha value is -1.32. The number of rotatable bonds is 3. The average molecular weight is 262 g/mol. The van der Waals surface area contributed by atoms with Crippen LogP contribution in [0, 0.1) is 25.7 Å². The minimum absolute atomic E-state index is 0.728. The number of piperidine rings is 1. The molecule has 0 saturated carbocycles. The van der Waals surface area contributed by atoms with Crippen molar-refractivity contribution in [1.29, 1.82) is 0 Å². The third-order valence-corrected chi connectivity index (χ3v) is 4.21. The van der Waals surface area contributed by atoms with Gasteiger partial charge in [0.25, 0.3) is 0 Å². The van der Waals surface area contributed by atoms with E-state index >= 15 is 0 Å². The van der Waals surface area contributed by atoms with Crippen molar-refractivity contribution in [3.05, 3.63) is 11.4 Å². The molecule has 106 valence electrons. The first-order valence-corrected chi connectivity index (χ1v) is 7.37. The summed E-state index contributed by atoms with van der Waals surface area (Å²) < 4.78 is 0. The zero-order chi connectivity index (χ0) is 14.0. The first-order chi connectivity index (χ1) is 9.02. The van der Waals surface area contributed by atoms with Crippen LogP contribution in [0.3, 0.4) is 0 Å². The Kier molecular flexibility index (Phi) is 4.27. The summed E-state index contributed by atoms with van der Waals surface area (Å²) in [7, 11) is 0. The summed E-state index contributed by atoms with van der Waals surface area (Å²) >= 11 is 0. The molecule has 0 radical (unpaired) electrons. The molecule has 0 aliphatic carbocycles. The first kappa shape index (κ1) is 14.1. The lowest BCUT2D eigenvalue weighted by molar-refractivity contribution is 0.322. The number of aromatic nitrogens is 2. The molecule has 2 atom stereocenters. The molecular formula is C15H26N4. The largest absolute Gasteiger partial charge is 0.370 e. The van der Waals surface area contributed by atoms with Gasteiger partial charge in [0.1, 0.15) is 17.5 Å². The van der Waals surface area contributed by atoms with E-state index in [0.29, 0.717) is 0 Å². The molecule has 1 aliphatic rings. The van der Waals surface area contributed by atoms with Gasteiger partial charge in [0.05, 0.1) is 0 Å². The fourth-order valence-corrected chi connectivity index (χ4v) is 2.72. The van der Waals surface area contributed by atoms with Gasteiger partial charge < -0.3 is 10.2 Å². The molecule has 2 heterocycles. The molecule has 1 saturated heterocycles. The molecule has 0 bridgehead atoms. The van der Waals surface area contributed by atoms with Gasteiger partial charge in [-0.1, -0.05) is 13.8 Å². The summed E-state index contributed by atoms with van der Waals surface area (Å²) in [5, 5.41) is 3.34. The van der Waals surface area contributed by atoms with Gasteiger partial charge in [-0.3, -0.25) is 0 Å². The second-order valence-electron chi connectivity index (χ2n) is 5.79. The summed E-state index contributed by atoms with van der Waals surface area (Å²) in [5.74, 6) is 4.49. The zero-order valence-corrected chi connectivity index (χ0v) is 12.8. The molecule has 1 aliphatic heterocycles. The van der Waals surface area contributed by atoms with Crippen LogP contribution in [-0.2, 0) is 0 Å². The molecule has 1 fully saturated rings. The monoisotopic (exact) mass is 262 g/mol. The Bertz CT molecular complexity index is 444. The predicted octanol–water partition coefficient (Wildman–Crippen LogP) is 3.01. The van der Waals surface area contributed by atoms with Gasteiger partial charge in [-0.05, 0) is 39.0 Å². The summed E-state index contributed by atoms with van der Waals surface area (Å²) in [6.45, 7) is 14.0. The molecule has 19 heavy (non-hydrogen) atoms. The van der Waals surface area contributed by atoms with Crippen molar-refractivity contribution in [1.82, 2.24) is 9.97 Å². The number of hydrogen-bond acceptors (Lipinski definition) is 4. The first-order valence-electron chi connectivity index (χ1n) is 7.37. The van der Waals surface area contributed by atoms with Crippen molar-refractivity contribution in [2.24, 2.45) is 11.8 Å². The minimum atomic E-state index is 0.728. The van der Waals surface area contributed by atoms with E-state index in [2.05, 4.69) is 47.9 Å². The molecule has 4 heteroatoms. The Labute approximate surface area is 116 Å². The lowest BCUT2D eigenvalue weighted by Crippen LogP contribution is -2.39. The van der Waals surface area contributed by atoms with Crippen LogP contribution in [0.2, 0.25) is 0 Å². The SMILES string of the molecule is CCNc1nc(C)nc(N2CCC(C)C(C)C2)c1C. The van der Waals surface area contributed by atoms with Gasteiger partial charge >= 0.3 is 0 Å². The standard InChI is InChI=1S/C15H26N4/c1-6-16-14-12(4)15(18-13(5)17-14)19-8-7-10(2)11(3)9-19/h10-11H,6-9H2,1-5H3,(H,16,17,18). The molecule has 0 amide bonds. The maximum atomic E-state index is 4.67. The molecule has 1 N–H and O–H groups in total. The van der Waals surface area contributed by atoms with Crippen LogP contribution in [0.1, 0.15) is 38.6 Å². The topological polar surface area (TPSA) is 41.1 Å². The molecular weight excluding hydrogens is 236 g/mol. The van der Waals surface area contributed by atoms with E-state index in [4.69, 9.17) is 0 Å². The third-order valence-electron chi connectivity index (χ3n) is 4.21. The van der Waals surface area contributed by atoms with E-state index in [1.807, 2.05) is 6.92 Å². The summed E-state index contributed by atoms with van der Waals surface area (Å²) in [5.41, 5.74) is 1.18. The molecule has 0 aromatic carbocycles. The summed E-state index contributed by atoms with van der Waals surface area (Å²) in [4.78, 5) is 11.6. The number of hydrogen-bond donors (Lipinski definition) is 1. The Morgan fingerprint density at radius 2 is 1.95 bits per heavy atom. The second-order valence-corrected chi connectivity index (χ2v) is 5.79. The average Bonchev–Trinajstić information content (AvgIpc) is 2.37. The molecule has 0 spiro atoms. The van der Waals surface area contributed by atoms with E-state index in [1.165, 1.54) is 12.0 Å². The lowest BCUT2D eigenvalue weighted by atomic mass is 9.88. The highest BCUT2D eigenvalue weighted by Crippen LogP contribution is 2.30. The predicted molar refractivity (Wildman–Crippen MR) is 80.8 cm³/mol. The lowest BCUT2D eigenvalue weighted by Gasteiger charge is -2.37. The number of aryl methyl sites for hydroxylation is 1. The molecule has 2 rings (SSSR count). The van der Waals surface area contributed by atoms with Gasteiger partial charge in [-0.2, -0.15) is 0 Å². The van der Waals surface area contributed by atoms with E-state index in [9.17, 15) is 0 Å². The van der Waals surface area contributed by atoms with E-state index < -0.39 is 0 Å². The fourth-order valence-electron chi connectivity index (χ4n) is 2.72. The molecule has 1 aromatic rings. The van der Waals surface area contributed by atoms with Crippen LogP contribution in [0.5, 0.6) is 0 Å². The Balaban J connectivity index is 2.29. The van der Waals surface area contributed by atoms with Crippen molar-refractivity contribution in [3.63, 3.8) is 0 Å². The maximum Gasteiger partial charge on any atom is 0.137 e. The maximum absolute atomic E-state index is 4.67. The smallest absolute Gasteiger partial charge is 0.137 e. The van der Waals surface area contributed by atoms with Crippen LogP contribution in [0.4, 0.5) is 11.6 Å². The van der Waals surface area contributed by atoms with Gasteiger partial charge in [-0.25, -0.2) is 9.97 Å². The van der Waals surface area contributed by atoms with Crippen LogP contribution < -0.4 is 10.2 Å². The van der Waals surface area contributed by atoms with Crippen molar-refractivity contribution in [2.75, 3.05) is 29.9 Å². The van der Waals surface area contributed by atoms with Crippen LogP contribution >= 0.6 is 0 Å². The van der Waals surface area contributed by atoms with Gasteiger partial charge in [0, 0.05) is 25.2 Å². The normalized spacial score (nSPS) is 23.5. The highest BCUT2D eigenvalue weighted by molar-refractivity contribution is 5.58. The number of nitrogens with one attached hydrogen (secondary N) is 1. The van der Waals surface area contributed by atoms with Crippen molar-refractivity contribution in [3.8, 4) is 0 Å². The minimum Gasteiger partial charge on any atom is -0.370 e. The van der Waals surface area contributed by atoms with Crippen LogP contribution in [0.25, 0.3) is 0 Å². The Morgan fingerprint density at radius 3 is 2.58 bits per heavy atom. The highest BCUT2D eigenvalue weighted by atomic mass is 15.2. The quantitative estimate of drug-likeness (QED) is 0.909. The van der Waals surface area contributed by atoms with Crippen LogP contribution in [-0.4, -0.2) is 29.6 Å². The van der Waals surface area contributed by atoms with Crippen molar-refractivity contribution < 1.29 is 0 Å². The van der Waals surface area contributed by atoms with Gasteiger partial charge in [0.15, 0.2) is 0 Å². The number of nitrogens with zero attached hydrogens (tertiary/aromatic N) is 3. The second kappa shape index (κ2) is 5.76. The molecule has 1 aromatic heterocycles. The van der Waals surface area contributed by atoms with Gasteiger partial charge in [-0.15, -0.1) is 0 Å². The van der Waals surface area contributed by atoms with E-state index in [1.54, 1.807) is 0 Å². The van der Waals surface area contributed by atoms with Crippen molar-refractivity contribution >= 4 is 11.6 Å². The summed E-state index contributed by atoms with van der Waals surface area (Å²) in [6, 6.07) is 0. The van der Waals surface area contributed by atoms with Gasteiger partial charge in [0.2, 0.25) is 0 Å². The van der Waals surface area contributed by atoms with E-state index in [-0.39, 0.29) is 0 Å². The summed E-state index contributed by atoms with van der Waals surface area (Å²) in [6.07, 6.45) is 1.25. The van der Waals surface area contributed by atoms with Crippen LogP contribution in [0.15, 0.2) is 0 Å². The fraction of sp³-hybridized carbons (Fsp3) is 0.733. The Morgan fingerprint density at radius 1 is 1.21 bits per heavy atom. The van der Waals surface area contributed by atoms with E-state index in [0.717, 1.165) is 48.9 Å². The molecule has 2 unspecified atom stereocenters. The molecule has 4 nitrogen and oxygen atoms in total. The zero-order valence-electron chi connectivity index (χ0n) is 12.8.